The average Bonchev–Trinajstić information content (AvgIpc) is 3.14. The molecule has 2 aromatic rings. The first-order valence-electron chi connectivity index (χ1n) is 7.67. The molecule has 0 aromatic carbocycles. The van der Waals surface area contributed by atoms with Crippen LogP contribution in [-0.2, 0) is 4.79 Å². The predicted octanol–water partition coefficient (Wildman–Crippen LogP) is 2.27. The molecule has 2 heterocycles. The van der Waals surface area contributed by atoms with Gasteiger partial charge in [-0.1, -0.05) is 6.92 Å². The lowest BCUT2D eigenvalue weighted by Gasteiger charge is -2.07. The number of rotatable bonds is 3. The molecular weight excluding hydrogens is 240 g/mol. The van der Waals surface area contributed by atoms with E-state index in [1.54, 1.807) is 12.1 Å². The molecule has 1 saturated carbocycles. The second-order valence-electron chi connectivity index (χ2n) is 4.88. The summed E-state index contributed by atoms with van der Waals surface area (Å²) < 4.78 is 21.8. The number of hydrogen-bond acceptors (Lipinski definition) is 4. The van der Waals surface area contributed by atoms with Gasteiger partial charge in [-0.25, -0.2) is 9.97 Å². The molecule has 98 valence electrons. The fourth-order valence-electron chi connectivity index (χ4n) is 2.14. The smallest absolute Gasteiger partial charge is 0.228 e. The van der Waals surface area contributed by atoms with Crippen LogP contribution in [0.1, 0.15) is 17.5 Å². The zero-order chi connectivity index (χ0) is 15.9. The summed E-state index contributed by atoms with van der Waals surface area (Å²) in [6.07, 6.45) is 3.95. The summed E-state index contributed by atoms with van der Waals surface area (Å²) in [5, 5.41) is 6.53. The Labute approximate surface area is 115 Å². The van der Waals surface area contributed by atoms with Crippen molar-refractivity contribution in [3.63, 3.8) is 0 Å². The Kier molecular flexibility index (Phi) is 2.09. The van der Waals surface area contributed by atoms with E-state index < -0.39 is 6.98 Å². The maximum Gasteiger partial charge on any atom is 0.228 e. The van der Waals surface area contributed by atoms with Crippen LogP contribution < -0.4 is 10.6 Å². The maximum absolute atomic E-state index is 11.9. The van der Waals surface area contributed by atoms with Crippen LogP contribution in [0.15, 0.2) is 24.5 Å². The Balaban J connectivity index is 1.86. The number of anilines is 2. The average molecular weight is 259 g/mol. The van der Waals surface area contributed by atoms with Crippen molar-refractivity contribution in [3.05, 3.63) is 24.5 Å². The number of nitrogens with zero attached hydrogens (tertiary/aromatic N) is 2. The Bertz CT molecular complexity index is 732. The van der Waals surface area contributed by atoms with Gasteiger partial charge in [0.05, 0.1) is 0 Å². The molecule has 0 aliphatic heterocycles. The number of fused-ring (bicyclic) bond motifs is 1. The minimum absolute atomic E-state index is 0.0192. The second-order valence-corrected chi connectivity index (χ2v) is 4.88. The van der Waals surface area contributed by atoms with Gasteiger partial charge in [0, 0.05) is 34.8 Å². The van der Waals surface area contributed by atoms with Gasteiger partial charge in [-0.2, -0.15) is 0 Å². The van der Waals surface area contributed by atoms with Gasteiger partial charge in [-0.15, -0.1) is 0 Å². The van der Waals surface area contributed by atoms with Crippen LogP contribution in [-0.4, -0.2) is 22.9 Å². The van der Waals surface area contributed by atoms with Gasteiger partial charge < -0.3 is 10.6 Å². The fraction of sp³-hybridized carbons (Fsp3) is 0.357. The highest BCUT2D eigenvalue weighted by Gasteiger charge is 2.39. The largest absolute Gasteiger partial charge is 0.373 e. The van der Waals surface area contributed by atoms with Gasteiger partial charge in [-0.05, 0) is 29.9 Å². The van der Waals surface area contributed by atoms with Gasteiger partial charge in [0.15, 0.2) is 0 Å². The summed E-state index contributed by atoms with van der Waals surface area (Å²) in [4.78, 5) is 20.1. The van der Waals surface area contributed by atoms with E-state index in [0.29, 0.717) is 17.1 Å². The topological polar surface area (TPSA) is 66.9 Å². The molecule has 0 spiro atoms. The molecule has 0 bridgehead atoms. The third-order valence-corrected chi connectivity index (χ3v) is 3.46. The Morgan fingerprint density at radius 1 is 1.53 bits per heavy atom. The summed E-state index contributed by atoms with van der Waals surface area (Å²) >= 11 is 0. The molecule has 0 radical (unpaired) electrons. The van der Waals surface area contributed by atoms with Crippen molar-refractivity contribution in [1.82, 2.24) is 9.97 Å². The molecular formula is C14H16N4O. The van der Waals surface area contributed by atoms with E-state index in [4.69, 9.17) is 4.11 Å². The minimum atomic E-state index is -2.32. The lowest BCUT2D eigenvalue weighted by molar-refractivity contribution is -0.117. The van der Waals surface area contributed by atoms with Crippen molar-refractivity contribution in [2.75, 3.05) is 17.6 Å². The van der Waals surface area contributed by atoms with Gasteiger partial charge in [-0.3, -0.25) is 4.79 Å². The molecule has 0 saturated heterocycles. The second kappa shape index (κ2) is 4.50. The van der Waals surface area contributed by atoms with E-state index in [0.717, 1.165) is 11.8 Å². The number of nitrogens with one attached hydrogen (secondary N) is 2. The van der Waals surface area contributed by atoms with Crippen molar-refractivity contribution < 1.29 is 8.91 Å². The highest BCUT2D eigenvalue weighted by Crippen LogP contribution is 2.38. The summed E-state index contributed by atoms with van der Waals surface area (Å²) in [5.74, 6) is 1.19. The quantitative estimate of drug-likeness (QED) is 0.887. The van der Waals surface area contributed by atoms with Gasteiger partial charge in [0.1, 0.15) is 11.6 Å². The van der Waals surface area contributed by atoms with Crippen molar-refractivity contribution >= 4 is 28.3 Å². The lowest BCUT2D eigenvalue weighted by atomic mass is 10.2. The predicted molar refractivity (Wildman–Crippen MR) is 75.0 cm³/mol. The zero-order valence-electron chi connectivity index (χ0n) is 13.5. The van der Waals surface area contributed by atoms with Gasteiger partial charge in [0.25, 0.3) is 0 Å². The SMILES string of the molecule is [2H]C([2H])([2H])Nc1nccc2cc(NC(=O)[C@H]3C[C@H]3C)ncc12. The number of carbonyl (C=O) groups is 1. The molecule has 2 aromatic heterocycles. The first-order chi connectivity index (χ1) is 10.3. The lowest BCUT2D eigenvalue weighted by Crippen LogP contribution is -2.15. The van der Waals surface area contributed by atoms with Crippen LogP contribution >= 0.6 is 0 Å². The van der Waals surface area contributed by atoms with Crippen LogP contribution in [0.25, 0.3) is 10.8 Å². The highest BCUT2D eigenvalue weighted by atomic mass is 16.2. The monoisotopic (exact) mass is 259 g/mol. The maximum atomic E-state index is 11.9. The third-order valence-electron chi connectivity index (χ3n) is 3.46. The normalized spacial score (nSPS) is 24.2. The van der Waals surface area contributed by atoms with Crippen LogP contribution in [0, 0.1) is 11.8 Å². The molecule has 2 N–H and O–H groups in total. The molecule has 1 amide bonds. The van der Waals surface area contributed by atoms with E-state index in [-0.39, 0.29) is 17.6 Å². The number of hydrogen-bond donors (Lipinski definition) is 2. The molecule has 19 heavy (non-hydrogen) atoms. The summed E-state index contributed by atoms with van der Waals surface area (Å²) in [6, 6.07) is 3.46. The van der Waals surface area contributed by atoms with Crippen LogP contribution in [0.4, 0.5) is 11.6 Å². The number of pyridine rings is 2. The summed E-state index contributed by atoms with van der Waals surface area (Å²) in [5.41, 5.74) is 0. The highest BCUT2D eigenvalue weighted by molar-refractivity contribution is 5.97. The summed E-state index contributed by atoms with van der Waals surface area (Å²) in [6.45, 7) is -0.285. The number of carbonyl (C=O) groups excluding carboxylic acids is 1. The Morgan fingerprint density at radius 3 is 3.11 bits per heavy atom. The minimum Gasteiger partial charge on any atom is -0.373 e. The molecule has 5 nitrogen and oxygen atoms in total. The van der Waals surface area contributed by atoms with E-state index >= 15 is 0 Å². The Hall–Kier alpha value is -2.17. The molecule has 0 unspecified atom stereocenters. The van der Waals surface area contributed by atoms with E-state index in [1.807, 2.05) is 6.92 Å². The molecule has 1 aliphatic carbocycles. The van der Waals surface area contributed by atoms with E-state index in [9.17, 15) is 4.79 Å². The van der Waals surface area contributed by atoms with E-state index in [1.165, 1.54) is 12.4 Å². The van der Waals surface area contributed by atoms with Gasteiger partial charge in [0.2, 0.25) is 5.91 Å². The first kappa shape index (κ1) is 8.85. The molecule has 3 rings (SSSR count). The first-order valence-corrected chi connectivity index (χ1v) is 6.17. The zero-order valence-corrected chi connectivity index (χ0v) is 10.5. The van der Waals surface area contributed by atoms with Crippen LogP contribution in [0.3, 0.4) is 0 Å². The van der Waals surface area contributed by atoms with Crippen LogP contribution in [0.5, 0.6) is 0 Å². The number of aromatic nitrogens is 2. The van der Waals surface area contributed by atoms with Crippen molar-refractivity contribution in [2.24, 2.45) is 11.8 Å². The van der Waals surface area contributed by atoms with Crippen LogP contribution in [0.2, 0.25) is 0 Å². The molecule has 1 aliphatic rings. The number of amides is 1. The van der Waals surface area contributed by atoms with Crippen molar-refractivity contribution in [2.45, 2.75) is 13.3 Å². The fourth-order valence-corrected chi connectivity index (χ4v) is 2.14. The van der Waals surface area contributed by atoms with Crippen molar-refractivity contribution in [3.8, 4) is 0 Å². The van der Waals surface area contributed by atoms with Gasteiger partial charge >= 0.3 is 0 Å². The van der Waals surface area contributed by atoms with E-state index in [2.05, 4.69) is 20.6 Å². The Morgan fingerprint density at radius 2 is 2.37 bits per heavy atom. The molecule has 2 atom stereocenters. The molecule has 5 heteroatoms. The summed E-state index contributed by atoms with van der Waals surface area (Å²) in [7, 11) is 0. The third kappa shape index (κ3) is 2.23. The molecule has 1 fully saturated rings. The standard InChI is InChI=1S/C14H16N4O/c1-8-5-10(8)14(19)18-12-6-9-3-4-16-13(15-2)11(9)7-17-12/h3-4,6-8,10H,5H2,1-2H3,(H,15,16)(H,17,18,19)/t8-,10+/m1/s1/i2D3. The van der Waals surface area contributed by atoms with Crippen molar-refractivity contribution in [1.29, 1.82) is 0 Å².